The van der Waals surface area contributed by atoms with E-state index in [1.165, 1.54) is 0 Å². The van der Waals surface area contributed by atoms with Crippen molar-refractivity contribution in [1.82, 2.24) is 4.90 Å². The molecule has 0 bridgehead atoms. The first-order chi connectivity index (χ1) is 10.1. The average molecular weight is 346 g/mol. The van der Waals surface area contributed by atoms with Gasteiger partial charge >= 0.3 is 0 Å². The third kappa shape index (κ3) is 5.68. The molecule has 1 saturated heterocycles. The highest BCUT2D eigenvalue weighted by Gasteiger charge is 2.12. The second-order valence-corrected chi connectivity index (χ2v) is 5.78. The first kappa shape index (κ1) is 19.1. The average Bonchev–Trinajstić information content (AvgIpc) is 2.46. The molecule has 0 saturated carbocycles. The highest BCUT2D eigenvalue weighted by atomic mass is 35.5. The molecule has 1 fully saturated rings. The third-order valence-corrected chi connectivity index (χ3v) is 3.76. The molecule has 1 heterocycles. The second-order valence-electron chi connectivity index (χ2n) is 5.37. The standard InChI is InChI=1S/C15H23N3O2S.ClH/c1-17(2)13-3-4-14(16-15(19)21)12(11-13)5-6-18-7-9-20-10-8-18;/h3-4,11H,5-10H2,1-2H3,(H2,16,19,21);1H. The van der Waals surface area contributed by atoms with Crippen LogP contribution in [0.3, 0.4) is 0 Å². The van der Waals surface area contributed by atoms with Crippen LogP contribution in [0.2, 0.25) is 0 Å². The van der Waals surface area contributed by atoms with Crippen molar-refractivity contribution in [3.8, 4) is 0 Å². The number of carbonyl (C=O) groups is 1. The smallest absolute Gasteiger partial charge is 0.280 e. The molecule has 1 aliphatic rings. The van der Waals surface area contributed by atoms with Crippen molar-refractivity contribution in [2.75, 3.05) is 57.2 Å². The number of hydrogen-bond acceptors (Lipinski definition) is 4. The summed E-state index contributed by atoms with van der Waals surface area (Å²) >= 11 is 3.81. The summed E-state index contributed by atoms with van der Waals surface area (Å²) in [7, 11) is 4.02. The Hall–Kier alpha value is -0.950. The van der Waals surface area contributed by atoms with E-state index < -0.39 is 0 Å². The number of morpholine rings is 1. The van der Waals surface area contributed by atoms with Gasteiger partial charge < -0.3 is 15.0 Å². The Kier molecular flexibility index (Phi) is 8.03. The molecule has 0 spiro atoms. The van der Waals surface area contributed by atoms with Gasteiger partial charge in [-0.2, -0.15) is 0 Å². The Bertz CT molecular complexity index is 494. The van der Waals surface area contributed by atoms with Gasteiger partial charge in [0.2, 0.25) is 0 Å². The molecule has 0 aromatic heterocycles. The van der Waals surface area contributed by atoms with Gasteiger partial charge in [0, 0.05) is 45.1 Å². The number of rotatable bonds is 5. The van der Waals surface area contributed by atoms with Gasteiger partial charge in [0.05, 0.1) is 13.2 Å². The van der Waals surface area contributed by atoms with Gasteiger partial charge in [0.1, 0.15) is 0 Å². The lowest BCUT2D eigenvalue weighted by atomic mass is 10.1. The fourth-order valence-electron chi connectivity index (χ4n) is 2.41. The van der Waals surface area contributed by atoms with Crippen LogP contribution in [0.1, 0.15) is 5.56 Å². The molecule has 22 heavy (non-hydrogen) atoms. The number of anilines is 2. The lowest BCUT2D eigenvalue weighted by molar-refractivity contribution is 0.0384. The van der Waals surface area contributed by atoms with E-state index in [1.807, 2.05) is 26.2 Å². The molecule has 0 atom stereocenters. The van der Waals surface area contributed by atoms with Gasteiger partial charge in [0.25, 0.3) is 5.24 Å². The van der Waals surface area contributed by atoms with Crippen LogP contribution in [0, 0.1) is 0 Å². The van der Waals surface area contributed by atoms with Gasteiger partial charge in [-0.05, 0) is 30.2 Å². The van der Waals surface area contributed by atoms with Crippen molar-refractivity contribution in [2.45, 2.75) is 6.42 Å². The first-order valence-electron chi connectivity index (χ1n) is 7.16. The second kappa shape index (κ2) is 9.25. The fourth-order valence-corrected chi connectivity index (χ4v) is 2.53. The van der Waals surface area contributed by atoms with Gasteiger partial charge in [-0.15, -0.1) is 12.4 Å². The molecule has 0 radical (unpaired) electrons. The summed E-state index contributed by atoms with van der Waals surface area (Å²) in [6.07, 6.45) is 0.894. The predicted molar refractivity (Wildman–Crippen MR) is 97.0 cm³/mol. The minimum absolute atomic E-state index is 0. The number of ether oxygens (including phenoxy) is 1. The number of nitrogens with zero attached hydrogens (tertiary/aromatic N) is 2. The molecule has 7 heteroatoms. The van der Waals surface area contributed by atoms with E-state index in [2.05, 4.69) is 33.8 Å². The summed E-state index contributed by atoms with van der Waals surface area (Å²) in [5.74, 6) is 0. The van der Waals surface area contributed by atoms with Crippen LogP contribution in [0.25, 0.3) is 0 Å². The third-order valence-electron chi connectivity index (χ3n) is 3.65. The van der Waals surface area contributed by atoms with E-state index in [0.29, 0.717) is 0 Å². The SMILES string of the molecule is CN(C)c1ccc(NC(=O)S)c(CCN2CCOCC2)c1.Cl. The largest absolute Gasteiger partial charge is 0.379 e. The Balaban J connectivity index is 0.00000242. The molecule has 1 N–H and O–H groups in total. The molecular weight excluding hydrogens is 322 g/mol. The van der Waals surface area contributed by atoms with E-state index in [1.54, 1.807) is 0 Å². The number of benzene rings is 1. The maximum atomic E-state index is 11.2. The Morgan fingerprint density at radius 1 is 1.36 bits per heavy atom. The summed E-state index contributed by atoms with van der Waals surface area (Å²) in [6, 6.07) is 6.06. The van der Waals surface area contributed by atoms with Crippen molar-refractivity contribution in [3.05, 3.63) is 23.8 Å². The first-order valence-corrected chi connectivity index (χ1v) is 7.61. The normalized spacial score (nSPS) is 15.0. The zero-order chi connectivity index (χ0) is 15.2. The topological polar surface area (TPSA) is 44.8 Å². The van der Waals surface area contributed by atoms with Crippen molar-refractivity contribution in [1.29, 1.82) is 0 Å². The van der Waals surface area contributed by atoms with E-state index >= 15 is 0 Å². The van der Waals surface area contributed by atoms with E-state index in [4.69, 9.17) is 4.74 Å². The Labute approximate surface area is 143 Å². The molecule has 0 unspecified atom stereocenters. The lowest BCUT2D eigenvalue weighted by Crippen LogP contribution is -2.37. The quantitative estimate of drug-likeness (QED) is 0.805. The molecule has 1 aromatic carbocycles. The molecule has 0 aliphatic carbocycles. The van der Waals surface area contributed by atoms with Crippen molar-refractivity contribution in [2.24, 2.45) is 0 Å². The maximum Gasteiger partial charge on any atom is 0.280 e. The van der Waals surface area contributed by atoms with Crippen LogP contribution in [0.5, 0.6) is 0 Å². The van der Waals surface area contributed by atoms with Crippen LogP contribution in [0.15, 0.2) is 18.2 Å². The molecule has 2 rings (SSSR count). The Morgan fingerprint density at radius 3 is 2.64 bits per heavy atom. The maximum absolute atomic E-state index is 11.2. The summed E-state index contributed by atoms with van der Waals surface area (Å²) in [6.45, 7) is 4.52. The minimum Gasteiger partial charge on any atom is -0.379 e. The van der Waals surface area contributed by atoms with Crippen LogP contribution in [-0.4, -0.2) is 57.1 Å². The molecule has 5 nitrogen and oxygen atoms in total. The Morgan fingerprint density at radius 2 is 2.05 bits per heavy atom. The number of thiol groups is 1. The van der Waals surface area contributed by atoms with Crippen LogP contribution in [-0.2, 0) is 11.2 Å². The summed E-state index contributed by atoms with van der Waals surface area (Å²) in [5.41, 5.74) is 3.10. The van der Waals surface area contributed by atoms with E-state index in [9.17, 15) is 4.79 Å². The summed E-state index contributed by atoms with van der Waals surface area (Å²) in [5, 5.41) is 2.46. The zero-order valence-electron chi connectivity index (χ0n) is 13.0. The number of hydrogen-bond donors (Lipinski definition) is 2. The van der Waals surface area contributed by atoms with Crippen molar-refractivity contribution < 1.29 is 9.53 Å². The van der Waals surface area contributed by atoms with Crippen LogP contribution < -0.4 is 10.2 Å². The van der Waals surface area contributed by atoms with Gasteiger partial charge in [-0.1, -0.05) is 12.6 Å². The summed E-state index contributed by atoms with van der Waals surface area (Å²) in [4.78, 5) is 15.7. The number of carbonyl (C=O) groups excluding carboxylic acids is 1. The molecule has 124 valence electrons. The minimum atomic E-state index is -0.333. The molecular formula is C15H24ClN3O2S. The summed E-state index contributed by atoms with van der Waals surface area (Å²) < 4.78 is 5.36. The highest BCUT2D eigenvalue weighted by Crippen LogP contribution is 2.23. The highest BCUT2D eigenvalue weighted by molar-refractivity contribution is 7.96. The van der Waals surface area contributed by atoms with E-state index in [-0.39, 0.29) is 17.6 Å². The predicted octanol–water partition coefficient (Wildman–Crippen LogP) is 2.51. The van der Waals surface area contributed by atoms with Gasteiger partial charge in [0.15, 0.2) is 0 Å². The molecule has 1 aliphatic heterocycles. The van der Waals surface area contributed by atoms with Crippen LogP contribution >= 0.6 is 25.0 Å². The van der Waals surface area contributed by atoms with Crippen molar-refractivity contribution >= 4 is 41.6 Å². The van der Waals surface area contributed by atoms with Gasteiger partial charge in [-0.3, -0.25) is 9.69 Å². The number of nitrogens with one attached hydrogen (secondary N) is 1. The molecule has 1 amide bonds. The van der Waals surface area contributed by atoms with Crippen LogP contribution in [0.4, 0.5) is 16.2 Å². The van der Waals surface area contributed by atoms with E-state index in [0.717, 1.165) is 56.2 Å². The molecule has 1 aromatic rings. The number of amides is 1. The van der Waals surface area contributed by atoms with Crippen molar-refractivity contribution in [3.63, 3.8) is 0 Å². The monoisotopic (exact) mass is 345 g/mol. The zero-order valence-corrected chi connectivity index (χ0v) is 14.8. The fraction of sp³-hybridized carbons (Fsp3) is 0.533. The number of halogens is 1. The lowest BCUT2D eigenvalue weighted by Gasteiger charge is -2.27. The van der Waals surface area contributed by atoms with Gasteiger partial charge in [-0.25, -0.2) is 0 Å².